The van der Waals surface area contributed by atoms with Crippen molar-refractivity contribution >= 4 is 15.9 Å². The minimum absolute atomic E-state index is 0.189. The lowest BCUT2D eigenvalue weighted by Gasteiger charge is -2.19. The van der Waals surface area contributed by atoms with Crippen molar-refractivity contribution in [2.24, 2.45) is 0 Å². The molecule has 2 rings (SSSR count). The molecule has 1 unspecified atom stereocenters. The van der Waals surface area contributed by atoms with E-state index in [1.807, 2.05) is 13.1 Å². The van der Waals surface area contributed by atoms with Crippen LogP contribution in [0.3, 0.4) is 0 Å². The van der Waals surface area contributed by atoms with Crippen LogP contribution in [0.15, 0.2) is 41.0 Å². The first-order valence-corrected chi connectivity index (χ1v) is 7.32. The van der Waals surface area contributed by atoms with Crippen molar-refractivity contribution in [1.82, 2.24) is 10.3 Å². The molecule has 0 saturated carbocycles. The van der Waals surface area contributed by atoms with Gasteiger partial charge < -0.3 is 5.32 Å². The Balaban J connectivity index is 2.41. The summed E-state index contributed by atoms with van der Waals surface area (Å²) >= 11 is 3.57. The molecule has 1 heterocycles. The number of hydrogen-bond acceptors (Lipinski definition) is 2. The predicted octanol–water partition coefficient (Wildman–Crippen LogP) is 4.16. The highest BCUT2D eigenvalue weighted by Crippen LogP contribution is 2.25. The number of nitrogens with zero attached hydrogens (tertiary/aromatic N) is 1. The fraction of sp³-hybridized carbons (Fsp3) is 0.312. The summed E-state index contributed by atoms with van der Waals surface area (Å²) in [5.74, 6) is 0. The Morgan fingerprint density at radius 2 is 1.95 bits per heavy atom. The Morgan fingerprint density at radius 3 is 2.53 bits per heavy atom. The van der Waals surface area contributed by atoms with Gasteiger partial charge in [-0.3, -0.25) is 4.98 Å². The second kappa shape index (κ2) is 6.31. The smallest absolute Gasteiger partial charge is 0.0592 e. The van der Waals surface area contributed by atoms with Crippen LogP contribution in [0, 0.1) is 13.8 Å². The molecule has 0 aliphatic heterocycles. The Kier molecular flexibility index (Phi) is 4.72. The van der Waals surface area contributed by atoms with Crippen molar-refractivity contribution in [2.45, 2.75) is 26.8 Å². The van der Waals surface area contributed by atoms with Crippen molar-refractivity contribution in [3.8, 4) is 0 Å². The van der Waals surface area contributed by atoms with Crippen molar-refractivity contribution in [3.05, 3.63) is 63.4 Å². The van der Waals surface area contributed by atoms with Gasteiger partial charge in [-0.05, 0) is 55.3 Å². The second-order valence-electron chi connectivity index (χ2n) is 4.79. The van der Waals surface area contributed by atoms with E-state index < -0.39 is 0 Å². The fourth-order valence-electron chi connectivity index (χ4n) is 2.21. The molecule has 3 heteroatoms. The third kappa shape index (κ3) is 3.64. The minimum Gasteiger partial charge on any atom is -0.306 e. The topological polar surface area (TPSA) is 24.9 Å². The Labute approximate surface area is 123 Å². The summed E-state index contributed by atoms with van der Waals surface area (Å²) in [4.78, 5) is 4.40. The lowest BCUT2D eigenvalue weighted by atomic mass is 9.98. The number of aromatic nitrogens is 1. The van der Waals surface area contributed by atoms with Crippen LogP contribution in [0.5, 0.6) is 0 Å². The number of halogens is 1. The lowest BCUT2D eigenvalue weighted by molar-refractivity contribution is 0.627. The van der Waals surface area contributed by atoms with Gasteiger partial charge in [0.1, 0.15) is 0 Å². The molecule has 0 radical (unpaired) electrons. The van der Waals surface area contributed by atoms with Crippen LogP contribution in [-0.2, 0) is 0 Å². The van der Waals surface area contributed by atoms with Crippen LogP contribution >= 0.6 is 15.9 Å². The number of pyridine rings is 1. The second-order valence-corrected chi connectivity index (χ2v) is 5.70. The van der Waals surface area contributed by atoms with E-state index >= 15 is 0 Å². The first-order chi connectivity index (χ1) is 9.10. The van der Waals surface area contributed by atoms with Gasteiger partial charge in [0.15, 0.2) is 0 Å². The monoisotopic (exact) mass is 318 g/mol. The summed E-state index contributed by atoms with van der Waals surface area (Å²) in [6.45, 7) is 7.17. The molecule has 0 aliphatic rings. The van der Waals surface area contributed by atoms with Gasteiger partial charge in [0, 0.05) is 16.4 Å². The SMILES string of the molecule is CCNC(c1ccc(C)nc1)c1cc(C)cc(Br)c1. The van der Waals surface area contributed by atoms with Crippen molar-refractivity contribution in [1.29, 1.82) is 0 Å². The molecule has 2 aromatic rings. The standard InChI is InChI=1S/C16H19BrN2/c1-4-18-16(13-6-5-12(3)19-10-13)14-7-11(2)8-15(17)9-14/h5-10,16,18H,4H2,1-3H3. The van der Waals surface area contributed by atoms with Crippen molar-refractivity contribution in [2.75, 3.05) is 6.54 Å². The normalized spacial score (nSPS) is 12.4. The maximum absolute atomic E-state index is 4.40. The zero-order chi connectivity index (χ0) is 13.8. The average molecular weight is 319 g/mol. The summed E-state index contributed by atoms with van der Waals surface area (Å²) in [7, 11) is 0. The minimum atomic E-state index is 0.189. The van der Waals surface area contributed by atoms with Gasteiger partial charge in [-0.25, -0.2) is 0 Å². The van der Waals surface area contributed by atoms with Gasteiger partial charge in [-0.2, -0.15) is 0 Å². The molecule has 0 amide bonds. The van der Waals surface area contributed by atoms with Crippen LogP contribution in [0.1, 0.15) is 35.3 Å². The zero-order valence-electron chi connectivity index (χ0n) is 11.6. The van der Waals surface area contributed by atoms with Gasteiger partial charge in [-0.15, -0.1) is 0 Å². The van der Waals surface area contributed by atoms with E-state index in [0.29, 0.717) is 0 Å². The molecule has 0 saturated heterocycles. The lowest BCUT2D eigenvalue weighted by Crippen LogP contribution is -2.22. The van der Waals surface area contributed by atoms with Crippen LogP contribution in [0.2, 0.25) is 0 Å². The summed E-state index contributed by atoms with van der Waals surface area (Å²) < 4.78 is 1.12. The van der Waals surface area contributed by atoms with Gasteiger partial charge in [-0.1, -0.05) is 35.0 Å². The number of benzene rings is 1. The van der Waals surface area contributed by atoms with E-state index in [1.54, 1.807) is 0 Å². The molecule has 1 atom stereocenters. The first-order valence-electron chi connectivity index (χ1n) is 6.53. The van der Waals surface area contributed by atoms with Crippen LogP contribution in [-0.4, -0.2) is 11.5 Å². The van der Waals surface area contributed by atoms with E-state index in [4.69, 9.17) is 0 Å². The third-order valence-electron chi connectivity index (χ3n) is 3.07. The van der Waals surface area contributed by atoms with Crippen molar-refractivity contribution in [3.63, 3.8) is 0 Å². The molecule has 19 heavy (non-hydrogen) atoms. The van der Waals surface area contributed by atoms with Gasteiger partial charge >= 0.3 is 0 Å². The molecule has 1 N–H and O–H groups in total. The van der Waals surface area contributed by atoms with E-state index in [9.17, 15) is 0 Å². The predicted molar refractivity (Wildman–Crippen MR) is 83.4 cm³/mol. The number of nitrogens with one attached hydrogen (secondary N) is 1. The molecular formula is C16H19BrN2. The van der Waals surface area contributed by atoms with E-state index in [-0.39, 0.29) is 6.04 Å². The molecule has 1 aromatic heterocycles. The molecule has 100 valence electrons. The highest BCUT2D eigenvalue weighted by atomic mass is 79.9. The largest absolute Gasteiger partial charge is 0.306 e. The van der Waals surface area contributed by atoms with Gasteiger partial charge in [0.05, 0.1) is 6.04 Å². The summed E-state index contributed by atoms with van der Waals surface area (Å²) in [5, 5.41) is 3.53. The molecule has 0 aliphatic carbocycles. The first kappa shape index (κ1) is 14.2. The number of hydrogen-bond donors (Lipinski definition) is 1. The maximum Gasteiger partial charge on any atom is 0.0592 e. The number of rotatable bonds is 4. The number of aryl methyl sites for hydroxylation is 2. The van der Waals surface area contributed by atoms with Crippen molar-refractivity contribution < 1.29 is 0 Å². The van der Waals surface area contributed by atoms with E-state index in [2.05, 4.69) is 70.4 Å². The van der Waals surface area contributed by atoms with Crippen LogP contribution < -0.4 is 5.32 Å². The highest BCUT2D eigenvalue weighted by Gasteiger charge is 2.14. The van der Waals surface area contributed by atoms with E-state index in [1.165, 1.54) is 16.7 Å². The molecule has 0 fully saturated rings. The molecule has 2 nitrogen and oxygen atoms in total. The molecular weight excluding hydrogens is 300 g/mol. The quantitative estimate of drug-likeness (QED) is 0.915. The van der Waals surface area contributed by atoms with E-state index in [0.717, 1.165) is 16.7 Å². The Morgan fingerprint density at radius 1 is 1.16 bits per heavy atom. The molecule has 1 aromatic carbocycles. The summed E-state index contributed by atoms with van der Waals surface area (Å²) in [5.41, 5.74) is 4.76. The molecule has 0 bridgehead atoms. The zero-order valence-corrected chi connectivity index (χ0v) is 13.2. The maximum atomic E-state index is 4.40. The average Bonchev–Trinajstić information content (AvgIpc) is 2.36. The van der Waals surface area contributed by atoms with Gasteiger partial charge in [0.2, 0.25) is 0 Å². The summed E-state index contributed by atoms with van der Waals surface area (Å²) in [6, 6.07) is 10.9. The Bertz CT molecular complexity index is 529. The molecule has 0 spiro atoms. The van der Waals surface area contributed by atoms with Crippen LogP contribution in [0.25, 0.3) is 0 Å². The fourth-order valence-corrected chi connectivity index (χ4v) is 2.84. The third-order valence-corrected chi connectivity index (χ3v) is 3.53. The highest BCUT2D eigenvalue weighted by molar-refractivity contribution is 9.10. The van der Waals surface area contributed by atoms with Crippen LogP contribution in [0.4, 0.5) is 0 Å². The van der Waals surface area contributed by atoms with Gasteiger partial charge in [0.25, 0.3) is 0 Å². The summed E-state index contributed by atoms with van der Waals surface area (Å²) in [6.07, 6.45) is 1.96. The Hall–Kier alpha value is -1.19.